The molecule has 1 aromatic heterocycles. The molecule has 142 valence electrons. The van der Waals surface area contributed by atoms with Gasteiger partial charge in [-0.1, -0.05) is 17.7 Å². The van der Waals surface area contributed by atoms with Crippen molar-refractivity contribution >= 4 is 23.4 Å². The molecule has 0 unspecified atom stereocenters. The normalized spacial score (nSPS) is 14.2. The van der Waals surface area contributed by atoms with Gasteiger partial charge in [-0.2, -0.15) is 0 Å². The quantitative estimate of drug-likeness (QED) is 0.809. The number of rotatable bonds is 4. The zero-order valence-corrected chi connectivity index (χ0v) is 16.2. The summed E-state index contributed by atoms with van der Waals surface area (Å²) in [6, 6.07) is 8.91. The topological polar surface area (TPSA) is 62.7 Å². The molecule has 1 aromatic carbocycles. The van der Waals surface area contributed by atoms with Gasteiger partial charge in [0.15, 0.2) is 6.61 Å². The summed E-state index contributed by atoms with van der Waals surface area (Å²) in [4.78, 5) is 32.3. The first-order chi connectivity index (χ1) is 13.0. The van der Waals surface area contributed by atoms with Crippen molar-refractivity contribution in [3.63, 3.8) is 0 Å². The number of pyridine rings is 1. The molecule has 0 spiro atoms. The minimum absolute atomic E-state index is 0.0330. The molecule has 0 bridgehead atoms. The van der Waals surface area contributed by atoms with E-state index in [4.69, 9.17) is 16.3 Å². The third-order valence-electron chi connectivity index (χ3n) is 4.58. The fourth-order valence-corrected chi connectivity index (χ4v) is 3.15. The first kappa shape index (κ1) is 19.2. The summed E-state index contributed by atoms with van der Waals surface area (Å²) in [6.07, 6.45) is 1.60. The van der Waals surface area contributed by atoms with Gasteiger partial charge in [0.25, 0.3) is 11.8 Å². The van der Waals surface area contributed by atoms with Gasteiger partial charge in [0.1, 0.15) is 11.4 Å². The maximum absolute atomic E-state index is 12.4. The summed E-state index contributed by atoms with van der Waals surface area (Å²) in [6.45, 7) is 5.72. The van der Waals surface area contributed by atoms with E-state index in [0.717, 1.165) is 11.1 Å². The summed E-state index contributed by atoms with van der Waals surface area (Å²) in [5, 5.41) is 0.711. The highest BCUT2D eigenvalue weighted by Gasteiger charge is 2.25. The number of aryl methyl sites for hydroxylation is 2. The molecule has 0 saturated carbocycles. The Labute approximate surface area is 163 Å². The second-order valence-electron chi connectivity index (χ2n) is 6.55. The minimum atomic E-state index is -0.105. The van der Waals surface area contributed by atoms with Crippen LogP contribution in [0.25, 0.3) is 0 Å². The Balaban J connectivity index is 1.51. The first-order valence-electron chi connectivity index (χ1n) is 8.83. The van der Waals surface area contributed by atoms with Crippen LogP contribution in [-0.4, -0.2) is 59.4 Å². The number of aromatic nitrogens is 1. The van der Waals surface area contributed by atoms with Crippen molar-refractivity contribution in [2.24, 2.45) is 0 Å². The Morgan fingerprint density at radius 1 is 1.07 bits per heavy atom. The van der Waals surface area contributed by atoms with E-state index in [0.29, 0.717) is 42.6 Å². The number of piperazine rings is 1. The fraction of sp³-hybridized carbons (Fsp3) is 0.350. The van der Waals surface area contributed by atoms with Crippen LogP contribution >= 0.6 is 11.6 Å². The van der Waals surface area contributed by atoms with Crippen molar-refractivity contribution in [1.29, 1.82) is 0 Å². The number of hydrogen-bond donors (Lipinski definition) is 0. The van der Waals surface area contributed by atoms with Crippen molar-refractivity contribution in [2.45, 2.75) is 13.8 Å². The SMILES string of the molecule is Cc1cc(OCC(=O)N2CCN(C(=O)c3ccccn3)CC2)cc(C)c1Cl. The smallest absolute Gasteiger partial charge is 0.272 e. The number of carbonyl (C=O) groups excluding carboxylic acids is 2. The van der Waals surface area contributed by atoms with Gasteiger partial charge in [-0.3, -0.25) is 14.6 Å². The van der Waals surface area contributed by atoms with E-state index < -0.39 is 0 Å². The van der Waals surface area contributed by atoms with Crippen LogP contribution in [0.3, 0.4) is 0 Å². The van der Waals surface area contributed by atoms with Gasteiger partial charge in [0.2, 0.25) is 0 Å². The standard InChI is InChI=1S/C20H22ClN3O3/c1-14-11-16(12-15(2)19(14)21)27-13-18(25)23-7-9-24(10-8-23)20(26)17-5-3-4-6-22-17/h3-6,11-12H,7-10,13H2,1-2H3. The molecule has 0 radical (unpaired) electrons. The van der Waals surface area contributed by atoms with E-state index in [9.17, 15) is 9.59 Å². The van der Waals surface area contributed by atoms with Crippen molar-refractivity contribution in [3.8, 4) is 5.75 Å². The molecule has 2 aromatic rings. The predicted molar refractivity (Wildman–Crippen MR) is 103 cm³/mol. The number of hydrogen-bond acceptors (Lipinski definition) is 4. The lowest BCUT2D eigenvalue weighted by Crippen LogP contribution is -2.51. The highest BCUT2D eigenvalue weighted by atomic mass is 35.5. The lowest BCUT2D eigenvalue weighted by atomic mass is 10.1. The van der Waals surface area contributed by atoms with Crippen LogP contribution in [0, 0.1) is 13.8 Å². The first-order valence-corrected chi connectivity index (χ1v) is 9.21. The predicted octanol–water partition coefficient (Wildman–Crippen LogP) is 2.72. The molecule has 27 heavy (non-hydrogen) atoms. The molecule has 7 heteroatoms. The summed E-state index contributed by atoms with van der Waals surface area (Å²) >= 11 is 6.15. The lowest BCUT2D eigenvalue weighted by Gasteiger charge is -2.34. The van der Waals surface area contributed by atoms with Gasteiger partial charge in [-0.05, 0) is 49.2 Å². The zero-order chi connectivity index (χ0) is 19.4. The molecule has 0 aliphatic carbocycles. The number of halogens is 1. The molecule has 1 saturated heterocycles. The van der Waals surface area contributed by atoms with Crippen molar-refractivity contribution in [1.82, 2.24) is 14.8 Å². The number of nitrogens with zero attached hydrogens (tertiary/aromatic N) is 3. The molecular weight excluding hydrogens is 366 g/mol. The summed E-state index contributed by atoms with van der Waals surface area (Å²) in [5.41, 5.74) is 2.26. The number of ether oxygens (including phenoxy) is 1. The van der Waals surface area contributed by atoms with Crippen molar-refractivity contribution in [2.75, 3.05) is 32.8 Å². The average molecular weight is 388 g/mol. The van der Waals surface area contributed by atoms with Crippen LogP contribution in [0.5, 0.6) is 5.75 Å². The maximum Gasteiger partial charge on any atom is 0.272 e. The summed E-state index contributed by atoms with van der Waals surface area (Å²) < 4.78 is 5.64. The van der Waals surface area contributed by atoms with E-state index >= 15 is 0 Å². The van der Waals surface area contributed by atoms with Gasteiger partial charge >= 0.3 is 0 Å². The Bertz CT molecular complexity index is 811. The van der Waals surface area contributed by atoms with Crippen LogP contribution in [0.15, 0.2) is 36.5 Å². The zero-order valence-electron chi connectivity index (χ0n) is 15.4. The second kappa shape index (κ2) is 8.39. The summed E-state index contributed by atoms with van der Waals surface area (Å²) in [7, 11) is 0. The van der Waals surface area contributed by atoms with Crippen molar-refractivity contribution in [3.05, 3.63) is 58.4 Å². The molecule has 2 heterocycles. The number of benzene rings is 1. The third kappa shape index (κ3) is 4.57. The second-order valence-corrected chi connectivity index (χ2v) is 6.93. The van der Waals surface area contributed by atoms with Crippen LogP contribution in [0.4, 0.5) is 0 Å². The van der Waals surface area contributed by atoms with E-state index in [1.807, 2.05) is 26.0 Å². The third-order valence-corrected chi connectivity index (χ3v) is 5.17. The minimum Gasteiger partial charge on any atom is -0.484 e. The molecule has 1 fully saturated rings. The monoisotopic (exact) mass is 387 g/mol. The van der Waals surface area contributed by atoms with Gasteiger partial charge in [-0.25, -0.2) is 0 Å². The Kier molecular flexibility index (Phi) is 5.96. The molecule has 3 rings (SSSR count). The van der Waals surface area contributed by atoms with E-state index in [1.165, 1.54) is 0 Å². The highest BCUT2D eigenvalue weighted by Crippen LogP contribution is 2.25. The van der Waals surface area contributed by atoms with Crippen molar-refractivity contribution < 1.29 is 14.3 Å². The Hall–Kier alpha value is -2.60. The van der Waals surface area contributed by atoms with Crippen LogP contribution < -0.4 is 4.74 Å². The highest BCUT2D eigenvalue weighted by molar-refractivity contribution is 6.32. The van der Waals surface area contributed by atoms with Crippen LogP contribution in [0.2, 0.25) is 5.02 Å². The van der Waals surface area contributed by atoms with Gasteiger partial charge in [0, 0.05) is 37.4 Å². The largest absolute Gasteiger partial charge is 0.484 e. The maximum atomic E-state index is 12.4. The molecular formula is C20H22ClN3O3. The molecule has 0 atom stereocenters. The van der Waals surface area contributed by atoms with Crippen LogP contribution in [0.1, 0.15) is 21.6 Å². The molecule has 0 N–H and O–H groups in total. The van der Waals surface area contributed by atoms with E-state index in [1.54, 1.807) is 34.2 Å². The molecule has 1 aliphatic rings. The Morgan fingerprint density at radius 2 is 1.70 bits per heavy atom. The lowest BCUT2D eigenvalue weighted by molar-refractivity contribution is -0.134. The van der Waals surface area contributed by atoms with Gasteiger partial charge in [0.05, 0.1) is 0 Å². The molecule has 6 nitrogen and oxygen atoms in total. The molecule has 1 aliphatic heterocycles. The van der Waals surface area contributed by atoms with Crippen LogP contribution in [-0.2, 0) is 4.79 Å². The number of amides is 2. The molecule has 2 amide bonds. The van der Waals surface area contributed by atoms with E-state index in [-0.39, 0.29) is 18.4 Å². The summed E-state index contributed by atoms with van der Waals surface area (Å²) in [5.74, 6) is 0.433. The van der Waals surface area contributed by atoms with Gasteiger partial charge in [-0.15, -0.1) is 0 Å². The van der Waals surface area contributed by atoms with E-state index in [2.05, 4.69) is 4.98 Å². The van der Waals surface area contributed by atoms with Gasteiger partial charge < -0.3 is 14.5 Å². The average Bonchev–Trinajstić information content (AvgIpc) is 2.70. The fourth-order valence-electron chi connectivity index (χ4n) is 3.04. The number of carbonyl (C=O) groups is 2. The Morgan fingerprint density at radius 3 is 2.30 bits per heavy atom.